The molecule has 8 nitrogen and oxygen atoms in total. The van der Waals surface area contributed by atoms with E-state index in [1.807, 2.05) is 33.8 Å². The number of carbonyl (C=O) groups excluding carboxylic acids is 2. The van der Waals surface area contributed by atoms with Crippen molar-refractivity contribution in [3.8, 4) is 17.2 Å². The zero-order valence-corrected chi connectivity index (χ0v) is 19.0. The summed E-state index contributed by atoms with van der Waals surface area (Å²) in [6.07, 6.45) is 1.78. The number of hydrogen-bond donors (Lipinski definition) is 0. The van der Waals surface area contributed by atoms with E-state index in [1.54, 1.807) is 41.2 Å². The molecule has 9 heteroatoms. The van der Waals surface area contributed by atoms with Gasteiger partial charge in [-0.3, -0.25) is 9.59 Å². The molecular weight excluding hydrogens is 411 g/mol. The minimum Gasteiger partial charge on any atom is -0.427 e. The van der Waals surface area contributed by atoms with Gasteiger partial charge in [0.25, 0.3) is 0 Å². The molecule has 1 aromatic heterocycles. The summed E-state index contributed by atoms with van der Waals surface area (Å²) in [4.78, 5) is 23.0. The first kappa shape index (κ1) is 22.0. The van der Waals surface area contributed by atoms with Gasteiger partial charge in [0, 0.05) is 25.4 Å². The van der Waals surface area contributed by atoms with E-state index in [9.17, 15) is 9.59 Å². The van der Waals surface area contributed by atoms with Crippen molar-refractivity contribution in [1.82, 2.24) is 9.78 Å². The summed E-state index contributed by atoms with van der Waals surface area (Å²) in [5.41, 5.74) is 1.03. The lowest BCUT2D eigenvalue weighted by Crippen LogP contribution is -2.41. The molecule has 1 aliphatic heterocycles. The zero-order chi connectivity index (χ0) is 23.3. The van der Waals surface area contributed by atoms with Gasteiger partial charge in [0.1, 0.15) is 11.4 Å². The summed E-state index contributed by atoms with van der Waals surface area (Å²) >= 11 is 0. The van der Waals surface area contributed by atoms with Gasteiger partial charge in [-0.2, -0.15) is 5.10 Å². The van der Waals surface area contributed by atoms with Gasteiger partial charge in [-0.25, -0.2) is 4.68 Å². The van der Waals surface area contributed by atoms with Gasteiger partial charge in [0.05, 0.1) is 16.7 Å². The SMILES string of the molecule is CC(=O)Oc1ccc2nn(-c3ccc(B4OC(C)(C)C(C)(C)O4)cc3OC(C)=O)cc2c1. The highest BCUT2D eigenvalue weighted by atomic mass is 16.7. The lowest BCUT2D eigenvalue weighted by Gasteiger charge is -2.32. The minimum atomic E-state index is -0.591. The highest BCUT2D eigenvalue weighted by Gasteiger charge is 2.51. The molecule has 0 radical (unpaired) electrons. The first-order valence-electron chi connectivity index (χ1n) is 10.3. The lowest BCUT2D eigenvalue weighted by atomic mass is 9.79. The van der Waals surface area contributed by atoms with E-state index in [0.717, 1.165) is 10.8 Å². The van der Waals surface area contributed by atoms with Crippen LogP contribution in [0.2, 0.25) is 0 Å². The van der Waals surface area contributed by atoms with E-state index < -0.39 is 30.3 Å². The fourth-order valence-electron chi connectivity index (χ4n) is 3.44. The maximum atomic E-state index is 11.8. The predicted octanol–water partition coefficient (Wildman–Crippen LogP) is 3.18. The molecule has 0 aliphatic carbocycles. The molecule has 1 aliphatic rings. The highest BCUT2D eigenvalue weighted by Crippen LogP contribution is 2.37. The fraction of sp³-hybridized carbons (Fsp3) is 0.348. The van der Waals surface area contributed by atoms with Crippen LogP contribution in [0.1, 0.15) is 41.5 Å². The molecule has 0 N–H and O–H groups in total. The number of benzene rings is 2. The Morgan fingerprint density at radius 1 is 0.938 bits per heavy atom. The third kappa shape index (κ3) is 4.13. The van der Waals surface area contributed by atoms with E-state index in [0.29, 0.717) is 22.7 Å². The second-order valence-electron chi connectivity index (χ2n) is 8.80. The Kier molecular flexibility index (Phi) is 5.34. The van der Waals surface area contributed by atoms with Crippen LogP contribution in [0, 0.1) is 0 Å². The fourth-order valence-corrected chi connectivity index (χ4v) is 3.44. The summed E-state index contributed by atoms with van der Waals surface area (Å²) in [5.74, 6) is -0.0862. The van der Waals surface area contributed by atoms with Gasteiger partial charge in [0.15, 0.2) is 5.75 Å². The van der Waals surface area contributed by atoms with Crippen LogP contribution in [0.5, 0.6) is 11.5 Å². The average Bonchev–Trinajstić information content (AvgIpc) is 3.18. The molecule has 1 fully saturated rings. The average molecular weight is 436 g/mol. The van der Waals surface area contributed by atoms with Gasteiger partial charge >= 0.3 is 19.1 Å². The molecule has 4 rings (SSSR count). The number of rotatable bonds is 4. The van der Waals surface area contributed by atoms with Gasteiger partial charge in [-0.1, -0.05) is 6.07 Å². The number of nitrogens with zero attached hydrogens (tertiary/aromatic N) is 2. The summed E-state index contributed by atoms with van der Waals surface area (Å²) in [6, 6.07) is 10.6. The number of esters is 2. The summed E-state index contributed by atoms with van der Waals surface area (Å²) < 4.78 is 24.5. The molecule has 0 saturated carbocycles. The highest BCUT2D eigenvalue weighted by molar-refractivity contribution is 6.62. The van der Waals surface area contributed by atoms with Gasteiger partial charge in [0.2, 0.25) is 0 Å². The Labute approximate surface area is 186 Å². The van der Waals surface area contributed by atoms with E-state index in [-0.39, 0.29) is 0 Å². The van der Waals surface area contributed by atoms with Crippen LogP contribution in [0.3, 0.4) is 0 Å². The number of carbonyl (C=O) groups is 2. The van der Waals surface area contributed by atoms with Crippen molar-refractivity contribution in [3.63, 3.8) is 0 Å². The largest absolute Gasteiger partial charge is 0.494 e. The summed E-state index contributed by atoms with van der Waals surface area (Å²) in [6.45, 7) is 10.6. The zero-order valence-electron chi connectivity index (χ0n) is 19.0. The normalized spacial score (nSPS) is 16.9. The van der Waals surface area contributed by atoms with Crippen LogP contribution >= 0.6 is 0 Å². The molecule has 2 heterocycles. The number of aromatic nitrogens is 2. The van der Waals surface area contributed by atoms with Crippen LogP contribution in [-0.2, 0) is 18.9 Å². The monoisotopic (exact) mass is 436 g/mol. The molecule has 32 heavy (non-hydrogen) atoms. The Balaban J connectivity index is 1.72. The molecule has 166 valence electrons. The molecule has 0 bridgehead atoms. The molecule has 0 unspecified atom stereocenters. The van der Waals surface area contributed by atoms with Crippen molar-refractivity contribution in [1.29, 1.82) is 0 Å². The maximum absolute atomic E-state index is 11.8. The summed E-state index contributed by atoms with van der Waals surface area (Å²) in [7, 11) is -0.591. The Morgan fingerprint density at radius 3 is 2.22 bits per heavy atom. The second kappa shape index (κ2) is 7.76. The van der Waals surface area contributed by atoms with Gasteiger partial charge in [-0.15, -0.1) is 0 Å². The van der Waals surface area contributed by atoms with Crippen molar-refractivity contribution in [2.45, 2.75) is 52.7 Å². The van der Waals surface area contributed by atoms with Crippen molar-refractivity contribution in [2.24, 2.45) is 0 Å². The standard InChI is InChI=1S/C23H25BN2O6/c1-14(27)29-18-8-9-19-16(11-18)13-26(25-19)20-10-7-17(12-21(20)30-15(2)28)24-31-22(3,4)23(5,6)32-24/h7-13H,1-6H3. The maximum Gasteiger partial charge on any atom is 0.494 e. The minimum absolute atomic E-state index is 0.331. The molecule has 0 spiro atoms. The van der Waals surface area contributed by atoms with Crippen molar-refractivity contribution >= 4 is 35.4 Å². The van der Waals surface area contributed by atoms with E-state index in [2.05, 4.69) is 5.10 Å². The molecular formula is C23H25BN2O6. The second-order valence-corrected chi connectivity index (χ2v) is 8.80. The number of ether oxygens (including phenoxy) is 2. The third-order valence-electron chi connectivity index (χ3n) is 5.75. The molecule has 0 amide bonds. The van der Waals surface area contributed by atoms with Crippen molar-refractivity contribution in [2.75, 3.05) is 0 Å². The molecule has 2 aromatic carbocycles. The van der Waals surface area contributed by atoms with Crippen LogP contribution in [0.25, 0.3) is 16.6 Å². The van der Waals surface area contributed by atoms with E-state index >= 15 is 0 Å². The van der Waals surface area contributed by atoms with Crippen LogP contribution in [0.15, 0.2) is 42.6 Å². The Hall–Kier alpha value is -3.17. The van der Waals surface area contributed by atoms with Gasteiger partial charge in [-0.05, 0) is 63.5 Å². The van der Waals surface area contributed by atoms with E-state index in [1.165, 1.54) is 13.8 Å². The first-order chi connectivity index (χ1) is 14.9. The molecule has 1 saturated heterocycles. The van der Waals surface area contributed by atoms with Crippen molar-refractivity contribution in [3.05, 3.63) is 42.6 Å². The van der Waals surface area contributed by atoms with Crippen LogP contribution in [0.4, 0.5) is 0 Å². The molecule has 3 aromatic rings. The van der Waals surface area contributed by atoms with Crippen LogP contribution < -0.4 is 14.9 Å². The number of hydrogen-bond acceptors (Lipinski definition) is 7. The first-order valence-corrected chi connectivity index (χ1v) is 10.3. The Bertz CT molecular complexity index is 1200. The topological polar surface area (TPSA) is 88.9 Å². The summed E-state index contributed by atoms with van der Waals surface area (Å²) in [5, 5.41) is 5.34. The smallest absolute Gasteiger partial charge is 0.427 e. The van der Waals surface area contributed by atoms with E-state index in [4.69, 9.17) is 18.8 Å². The lowest BCUT2D eigenvalue weighted by molar-refractivity contribution is -0.132. The Morgan fingerprint density at radius 2 is 1.59 bits per heavy atom. The van der Waals surface area contributed by atoms with Crippen molar-refractivity contribution < 1.29 is 28.4 Å². The third-order valence-corrected chi connectivity index (χ3v) is 5.75. The van der Waals surface area contributed by atoms with Crippen LogP contribution in [-0.4, -0.2) is 40.0 Å². The molecule has 0 atom stereocenters. The number of fused-ring (bicyclic) bond motifs is 1. The quantitative estimate of drug-likeness (QED) is 0.353. The van der Waals surface area contributed by atoms with Gasteiger partial charge < -0.3 is 18.8 Å². The predicted molar refractivity (Wildman–Crippen MR) is 119 cm³/mol.